The zero-order chi connectivity index (χ0) is 23.9. The van der Waals surface area contributed by atoms with Crippen LogP contribution in [-0.4, -0.2) is 41.2 Å². The summed E-state index contributed by atoms with van der Waals surface area (Å²) in [5, 5.41) is 18.6. The third kappa shape index (κ3) is 4.82. The SMILES string of the molecule is CC1CNC(=O)N1c1cc(NC(=O)OC(C)(C)C)c2cnc(NC(=O)C3CC3C#N)cc2c1. The third-order valence-corrected chi connectivity index (χ3v) is 5.49. The van der Waals surface area contributed by atoms with Crippen LogP contribution < -0.4 is 20.9 Å². The highest BCUT2D eigenvalue weighted by atomic mass is 16.6. The fraction of sp³-hybridized carbons (Fsp3) is 0.435. The molecule has 1 aromatic heterocycles. The summed E-state index contributed by atoms with van der Waals surface area (Å²) in [6.07, 6.45) is 1.46. The van der Waals surface area contributed by atoms with Gasteiger partial charge in [-0.1, -0.05) is 0 Å². The molecule has 0 radical (unpaired) electrons. The smallest absolute Gasteiger partial charge is 0.412 e. The van der Waals surface area contributed by atoms with Gasteiger partial charge in [0, 0.05) is 23.8 Å². The van der Waals surface area contributed by atoms with E-state index in [0.29, 0.717) is 40.9 Å². The fourth-order valence-corrected chi connectivity index (χ4v) is 3.80. The van der Waals surface area contributed by atoms with E-state index >= 15 is 0 Å². The first-order chi connectivity index (χ1) is 15.6. The minimum Gasteiger partial charge on any atom is -0.444 e. The number of rotatable bonds is 4. The number of hydrogen-bond acceptors (Lipinski definition) is 6. The Labute approximate surface area is 191 Å². The standard InChI is InChI=1S/C23H26N6O4/c1-12-10-26-21(31)29(12)15-5-13-7-19(28-20(30)16-6-14(16)9-24)25-11-17(13)18(8-15)27-22(32)33-23(2,3)4/h5,7-8,11-12,14,16H,6,10H2,1-4H3,(H,26,31)(H,27,32)(H,25,28,30). The molecule has 1 aliphatic heterocycles. The number of ether oxygens (including phenoxy) is 1. The molecule has 10 nitrogen and oxygen atoms in total. The number of nitriles is 1. The van der Waals surface area contributed by atoms with Crippen molar-refractivity contribution >= 4 is 46.0 Å². The van der Waals surface area contributed by atoms with E-state index in [1.54, 1.807) is 44.0 Å². The monoisotopic (exact) mass is 450 g/mol. The summed E-state index contributed by atoms with van der Waals surface area (Å²) in [5.41, 5.74) is 0.340. The minimum absolute atomic E-state index is 0.0804. The maximum Gasteiger partial charge on any atom is 0.412 e. The number of carbonyl (C=O) groups is 3. The van der Waals surface area contributed by atoms with Crippen LogP contribution in [0.3, 0.4) is 0 Å². The van der Waals surface area contributed by atoms with Crippen molar-refractivity contribution in [1.29, 1.82) is 5.26 Å². The average Bonchev–Trinajstić information content (AvgIpc) is 3.44. The number of amides is 4. The van der Waals surface area contributed by atoms with Gasteiger partial charge in [0.25, 0.3) is 0 Å². The third-order valence-electron chi connectivity index (χ3n) is 5.49. The number of urea groups is 1. The summed E-state index contributed by atoms with van der Waals surface area (Å²) in [6, 6.07) is 6.98. The largest absolute Gasteiger partial charge is 0.444 e. The first-order valence-electron chi connectivity index (χ1n) is 10.8. The van der Waals surface area contributed by atoms with Crippen LogP contribution in [0.15, 0.2) is 24.4 Å². The molecular weight excluding hydrogens is 424 g/mol. The Hall–Kier alpha value is -3.87. The van der Waals surface area contributed by atoms with Gasteiger partial charge >= 0.3 is 12.1 Å². The molecule has 1 aromatic carbocycles. The van der Waals surface area contributed by atoms with Gasteiger partial charge in [0.05, 0.1) is 29.6 Å². The van der Waals surface area contributed by atoms with E-state index in [4.69, 9.17) is 10.00 Å². The van der Waals surface area contributed by atoms with Crippen LogP contribution in [0.2, 0.25) is 0 Å². The van der Waals surface area contributed by atoms with Crippen LogP contribution in [0.1, 0.15) is 34.1 Å². The number of hydrogen-bond donors (Lipinski definition) is 3. The Morgan fingerprint density at radius 3 is 2.64 bits per heavy atom. The van der Waals surface area contributed by atoms with E-state index in [1.165, 1.54) is 0 Å². The highest BCUT2D eigenvalue weighted by Crippen LogP contribution is 2.39. The lowest BCUT2D eigenvalue weighted by Gasteiger charge is -2.23. The Kier molecular flexibility index (Phi) is 5.57. The summed E-state index contributed by atoms with van der Waals surface area (Å²) in [7, 11) is 0. The second-order valence-corrected chi connectivity index (χ2v) is 9.38. The number of aromatic nitrogens is 1. The maximum atomic E-state index is 12.5. The van der Waals surface area contributed by atoms with Gasteiger partial charge in [-0.15, -0.1) is 0 Å². The average molecular weight is 450 g/mol. The Bertz CT molecular complexity index is 1180. The van der Waals surface area contributed by atoms with Gasteiger partial charge in [0.1, 0.15) is 11.4 Å². The normalized spacial score (nSPS) is 21.8. The van der Waals surface area contributed by atoms with E-state index < -0.39 is 11.7 Å². The topological polar surface area (TPSA) is 136 Å². The molecule has 0 spiro atoms. The van der Waals surface area contributed by atoms with E-state index in [0.717, 1.165) is 0 Å². The lowest BCUT2D eigenvalue weighted by Crippen LogP contribution is -2.32. The number of anilines is 3. The van der Waals surface area contributed by atoms with Crippen LogP contribution >= 0.6 is 0 Å². The first-order valence-corrected chi connectivity index (χ1v) is 10.8. The van der Waals surface area contributed by atoms with Gasteiger partial charge in [-0.25, -0.2) is 14.6 Å². The van der Waals surface area contributed by atoms with Crippen LogP contribution in [0.4, 0.5) is 26.8 Å². The predicted octanol–water partition coefficient (Wildman–Crippen LogP) is 3.60. The van der Waals surface area contributed by atoms with Crippen molar-refractivity contribution in [1.82, 2.24) is 10.3 Å². The minimum atomic E-state index is -0.680. The van der Waals surface area contributed by atoms with Gasteiger partial charge in [-0.05, 0) is 57.7 Å². The lowest BCUT2D eigenvalue weighted by atomic mass is 10.1. The van der Waals surface area contributed by atoms with Crippen molar-refractivity contribution in [3.05, 3.63) is 24.4 Å². The fourth-order valence-electron chi connectivity index (χ4n) is 3.80. The molecule has 33 heavy (non-hydrogen) atoms. The molecule has 4 amide bonds. The maximum absolute atomic E-state index is 12.5. The molecule has 1 saturated carbocycles. The number of nitrogens with one attached hydrogen (secondary N) is 3. The zero-order valence-electron chi connectivity index (χ0n) is 18.9. The second-order valence-electron chi connectivity index (χ2n) is 9.38. The van der Waals surface area contributed by atoms with E-state index in [-0.39, 0.29) is 29.8 Å². The van der Waals surface area contributed by atoms with Gasteiger partial charge in [-0.2, -0.15) is 5.26 Å². The number of benzene rings is 1. The summed E-state index contributed by atoms with van der Waals surface area (Å²) < 4.78 is 5.38. The summed E-state index contributed by atoms with van der Waals surface area (Å²) in [5.74, 6) is -0.492. The predicted molar refractivity (Wildman–Crippen MR) is 123 cm³/mol. The van der Waals surface area contributed by atoms with Crippen molar-refractivity contribution < 1.29 is 19.1 Å². The quantitative estimate of drug-likeness (QED) is 0.651. The lowest BCUT2D eigenvalue weighted by molar-refractivity contribution is -0.117. The molecule has 1 aliphatic carbocycles. The molecule has 2 fully saturated rings. The number of fused-ring (bicyclic) bond motifs is 1. The molecule has 2 aliphatic rings. The van der Waals surface area contributed by atoms with Crippen LogP contribution in [-0.2, 0) is 9.53 Å². The van der Waals surface area contributed by atoms with Crippen LogP contribution in [0.25, 0.3) is 10.8 Å². The molecule has 2 heterocycles. The summed E-state index contributed by atoms with van der Waals surface area (Å²) in [6.45, 7) is 7.73. The molecular formula is C23H26N6O4. The molecule has 3 N–H and O–H groups in total. The van der Waals surface area contributed by atoms with Crippen LogP contribution in [0, 0.1) is 23.2 Å². The number of pyridine rings is 1. The van der Waals surface area contributed by atoms with E-state index in [1.807, 2.05) is 13.0 Å². The van der Waals surface area contributed by atoms with Crippen molar-refractivity contribution in [2.75, 3.05) is 22.1 Å². The number of carbonyl (C=O) groups excluding carboxylic acids is 3. The van der Waals surface area contributed by atoms with Crippen molar-refractivity contribution in [3.63, 3.8) is 0 Å². The molecule has 3 atom stereocenters. The molecule has 1 saturated heterocycles. The summed E-state index contributed by atoms with van der Waals surface area (Å²) in [4.78, 5) is 43.1. The van der Waals surface area contributed by atoms with Gasteiger partial charge in [-0.3, -0.25) is 15.0 Å². The molecule has 3 unspecified atom stereocenters. The van der Waals surface area contributed by atoms with Gasteiger partial charge in [0.2, 0.25) is 5.91 Å². The molecule has 4 rings (SSSR count). The van der Waals surface area contributed by atoms with E-state index in [2.05, 4.69) is 27.0 Å². The molecule has 10 heteroatoms. The Balaban J connectivity index is 1.70. The molecule has 172 valence electrons. The number of nitrogens with zero attached hydrogens (tertiary/aromatic N) is 3. The second kappa shape index (κ2) is 8.24. The highest BCUT2D eigenvalue weighted by molar-refractivity contribution is 6.06. The molecule has 2 aromatic rings. The Morgan fingerprint density at radius 1 is 1.27 bits per heavy atom. The van der Waals surface area contributed by atoms with E-state index in [9.17, 15) is 14.4 Å². The van der Waals surface area contributed by atoms with Crippen molar-refractivity contribution in [2.24, 2.45) is 11.8 Å². The van der Waals surface area contributed by atoms with Gasteiger partial charge in [0.15, 0.2) is 0 Å². The summed E-state index contributed by atoms with van der Waals surface area (Å²) >= 11 is 0. The van der Waals surface area contributed by atoms with Gasteiger partial charge < -0.3 is 15.4 Å². The highest BCUT2D eigenvalue weighted by Gasteiger charge is 2.43. The van der Waals surface area contributed by atoms with Crippen LogP contribution in [0.5, 0.6) is 0 Å². The zero-order valence-corrected chi connectivity index (χ0v) is 18.9. The molecule has 0 bridgehead atoms. The van der Waals surface area contributed by atoms with Crippen molar-refractivity contribution in [3.8, 4) is 6.07 Å². The van der Waals surface area contributed by atoms with Crippen molar-refractivity contribution in [2.45, 2.75) is 45.8 Å². The Morgan fingerprint density at radius 2 is 2.03 bits per heavy atom. The first kappa shape index (κ1) is 22.3.